The Hall–Kier alpha value is -2.14. The number of hydrogen-bond acceptors (Lipinski definition) is 3. The predicted octanol–water partition coefficient (Wildman–Crippen LogP) is 3.54. The summed E-state index contributed by atoms with van der Waals surface area (Å²) in [6.45, 7) is 2.60. The normalized spacial score (nSPS) is 15.0. The molecule has 20 heavy (non-hydrogen) atoms. The molecule has 0 spiro atoms. The maximum atomic E-state index is 10.3. The van der Waals surface area contributed by atoms with Gasteiger partial charge in [-0.2, -0.15) is 0 Å². The fourth-order valence-corrected chi connectivity index (χ4v) is 2.72. The van der Waals surface area contributed by atoms with Gasteiger partial charge in [0.05, 0.1) is 5.69 Å². The van der Waals surface area contributed by atoms with Crippen molar-refractivity contribution < 1.29 is 5.11 Å². The number of rotatable bonds is 2. The number of benzene rings is 1. The first-order valence-corrected chi connectivity index (χ1v) is 6.88. The van der Waals surface area contributed by atoms with Crippen molar-refractivity contribution in [2.24, 2.45) is 12.0 Å². The minimum absolute atomic E-state index is 0.199. The standard InChI is InChI=1S/C15H15N3OS/c1-3-18-14(19)13(17(2)15(18)20)8-10-9-16-12-7-5-4-6-11(10)12/h4-9,19H,3H2,1-2H3/b10-8+. The minimum atomic E-state index is 0.199. The number of para-hydroxylation sites is 1. The van der Waals surface area contributed by atoms with Crippen molar-refractivity contribution in [1.29, 1.82) is 0 Å². The molecular formula is C15H15N3OS. The lowest BCUT2D eigenvalue weighted by Crippen LogP contribution is -1.95. The first-order chi connectivity index (χ1) is 9.63. The molecule has 1 aliphatic rings. The van der Waals surface area contributed by atoms with Crippen LogP contribution in [0.15, 0.2) is 29.3 Å². The Bertz CT molecular complexity index is 796. The van der Waals surface area contributed by atoms with Crippen LogP contribution in [0.1, 0.15) is 18.2 Å². The molecule has 0 fully saturated rings. The van der Waals surface area contributed by atoms with Crippen LogP contribution in [0.25, 0.3) is 11.6 Å². The zero-order valence-corrected chi connectivity index (χ0v) is 12.2. The lowest BCUT2D eigenvalue weighted by atomic mass is 10.1. The maximum Gasteiger partial charge on any atom is 0.217 e. The van der Waals surface area contributed by atoms with E-state index in [9.17, 15) is 5.11 Å². The summed E-state index contributed by atoms with van der Waals surface area (Å²) in [5, 5.41) is 10.3. The van der Waals surface area contributed by atoms with Crippen LogP contribution in [0.2, 0.25) is 0 Å². The molecule has 2 aromatic rings. The molecule has 4 nitrogen and oxygen atoms in total. The Morgan fingerprint density at radius 3 is 2.80 bits per heavy atom. The maximum absolute atomic E-state index is 10.3. The van der Waals surface area contributed by atoms with Gasteiger partial charge in [-0.05, 0) is 31.3 Å². The van der Waals surface area contributed by atoms with Gasteiger partial charge in [-0.1, -0.05) is 18.2 Å². The summed E-state index contributed by atoms with van der Waals surface area (Å²) in [6.07, 6.45) is 3.74. The highest BCUT2D eigenvalue weighted by atomic mass is 32.1. The van der Waals surface area contributed by atoms with E-state index in [0.717, 1.165) is 16.8 Å². The van der Waals surface area contributed by atoms with Gasteiger partial charge >= 0.3 is 0 Å². The average Bonchev–Trinajstić information content (AvgIpc) is 2.95. The Morgan fingerprint density at radius 1 is 1.35 bits per heavy atom. The lowest BCUT2D eigenvalue weighted by Gasteiger charge is -2.01. The Balaban J connectivity index is 2.16. The summed E-state index contributed by atoms with van der Waals surface area (Å²) < 4.78 is 4.13. The van der Waals surface area contributed by atoms with Gasteiger partial charge in [0.15, 0.2) is 4.77 Å². The van der Waals surface area contributed by atoms with Gasteiger partial charge in [-0.3, -0.25) is 9.56 Å². The quantitative estimate of drug-likeness (QED) is 0.858. The van der Waals surface area contributed by atoms with E-state index < -0.39 is 0 Å². The molecule has 1 aliphatic heterocycles. The van der Waals surface area contributed by atoms with E-state index in [1.54, 1.807) is 4.57 Å². The third-order valence-corrected chi connectivity index (χ3v) is 4.02. The molecule has 3 rings (SSSR count). The SMILES string of the molecule is CCn1c(O)c(/C=C2\C=Nc3ccccc32)n(C)c1=S. The largest absolute Gasteiger partial charge is 0.493 e. The summed E-state index contributed by atoms with van der Waals surface area (Å²) in [5.74, 6) is 0.199. The van der Waals surface area contributed by atoms with E-state index in [1.807, 2.05) is 55.1 Å². The fraction of sp³-hybridized carbons (Fsp3) is 0.200. The summed E-state index contributed by atoms with van der Waals surface area (Å²) in [6, 6.07) is 7.95. The number of aromatic nitrogens is 2. The number of aliphatic imine (C=N–C) groups is 1. The molecule has 0 radical (unpaired) electrons. The zero-order valence-electron chi connectivity index (χ0n) is 11.4. The van der Waals surface area contributed by atoms with Gasteiger partial charge < -0.3 is 9.67 Å². The molecule has 102 valence electrons. The Kier molecular flexibility index (Phi) is 3.06. The van der Waals surface area contributed by atoms with E-state index in [2.05, 4.69) is 4.99 Å². The van der Waals surface area contributed by atoms with E-state index >= 15 is 0 Å². The van der Waals surface area contributed by atoms with Gasteiger partial charge in [0.2, 0.25) is 5.88 Å². The summed E-state index contributed by atoms with van der Waals surface area (Å²) in [4.78, 5) is 4.37. The van der Waals surface area contributed by atoms with Gasteiger partial charge in [0.1, 0.15) is 5.69 Å². The minimum Gasteiger partial charge on any atom is -0.493 e. The van der Waals surface area contributed by atoms with E-state index in [1.165, 1.54) is 0 Å². The summed E-state index contributed by atoms with van der Waals surface area (Å²) in [7, 11) is 1.86. The lowest BCUT2D eigenvalue weighted by molar-refractivity contribution is 0.419. The van der Waals surface area contributed by atoms with Crippen molar-refractivity contribution in [1.82, 2.24) is 9.13 Å². The number of fused-ring (bicyclic) bond motifs is 1. The number of aromatic hydroxyl groups is 1. The van der Waals surface area contributed by atoms with Crippen LogP contribution < -0.4 is 0 Å². The molecule has 1 aromatic heterocycles. The highest BCUT2D eigenvalue weighted by Crippen LogP contribution is 2.33. The van der Waals surface area contributed by atoms with Gasteiger partial charge in [-0.15, -0.1) is 0 Å². The van der Waals surface area contributed by atoms with Crippen molar-refractivity contribution in [3.63, 3.8) is 0 Å². The molecule has 0 amide bonds. The first kappa shape index (κ1) is 12.9. The van der Waals surface area contributed by atoms with Gasteiger partial charge in [-0.25, -0.2) is 0 Å². The smallest absolute Gasteiger partial charge is 0.217 e. The van der Waals surface area contributed by atoms with Crippen molar-refractivity contribution in [3.8, 4) is 5.88 Å². The third kappa shape index (κ3) is 1.82. The molecule has 0 saturated heterocycles. The Labute approximate surface area is 122 Å². The molecule has 0 saturated carbocycles. The molecule has 0 atom stereocenters. The monoisotopic (exact) mass is 285 g/mol. The van der Waals surface area contributed by atoms with Gasteiger partial charge in [0.25, 0.3) is 0 Å². The van der Waals surface area contributed by atoms with Crippen molar-refractivity contribution in [2.45, 2.75) is 13.5 Å². The van der Waals surface area contributed by atoms with E-state index in [0.29, 0.717) is 17.0 Å². The topological polar surface area (TPSA) is 42.4 Å². The van der Waals surface area contributed by atoms with Crippen LogP contribution in [-0.4, -0.2) is 20.5 Å². The molecule has 0 bridgehead atoms. The second-order valence-electron chi connectivity index (χ2n) is 4.67. The van der Waals surface area contributed by atoms with Crippen molar-refractivity contribution in [3.05, 3.63) is 40.3 Å². The van der Waals surface area contributed by atoms with Crippen molar-refractivity contribution >= 4 is 35.8 Å². The summed E-state index contributed by atoms with van der Waals surface area (Å²) in [5.41, 5.74) is 3.71. The van der Waals surface area contributed by atoms with Crippen LogP contribution in [0.4, 0.5) is 5.69 Å². The van der Waals surface area contributed by atoms with Crippen LogP contribution in [0.3, 0.4) is 0 Å². The fourth-order valence-electron chi connectivity index (χ4n) is 2.41. The number of nitrogens with zero attached hydrogens (tertiary/aromatic N) is 3. The predicted molar refractivity (Wildman–Crippen MR) is 84.0 cm³/mol. The molecule has 1 aromatic carbocycles. The highest BCUT2D eigenvalue weighted by Gasteiger charge is 2.16. The molecule has 0 aliphatic carbocycles. The molecule has 2 heterocycles. The molecule has 0 unspecified atom stereocenters. The van der Waals surface area contributed by atoms with E-state index in [-0.39, 0.29) is 5.88 Å². The summed E-state index contributed by atoms with van der Waals surface area (Å²) >= 11 is 5.32. The van der Waals surface area contributed by atoms with Crippen LogP contribution in [0.5, 0.6) is 5.88 Å². The second kappa shape index (κ2) is 4.76. The Morgan fingerprint density at radius 2 is 2.10 bits per heavy atom. The second-order valence-corrected chi connectivity index (χ2v) is 5.03. The molecular weight excluding hydrogens is 270 g/mol. The molecule has 1 N–H and O–H groups in total. The molecule has 5 heteroatoms. The highest BCUT2D eigenvalue weighted by molar-refractivity contribution is 7.71. The third-order valence-electron chi connectivity index (χ3n) is 3.53. The van der Waals surface area contributed by atoms with E-state index in [4.69, 9.17) is 12.2 Å². The number of hydrogen-bond donors (Lipinski definition) is 1. The van der Waals surface area contributed by atoms with Crippen molar-refractivity contribution in [2.75, 3.05) is 0 Å². The number of allylic oxidation sites excluding steroid dienone is 1. The first-order valence-electron chi connectivity index (χ1n) is 6.47. The van der Waals surface area contributed by atoms with Crippen LogP contribution >= 0.6 is 12.2 Å². The van der Waals surface area contributed by atoms with Crippen LogP contribution in [-0.2, 0) is 13.6 Å². The van der Waals surface area contributed by atoms with Crippen LogP contribution in [0, 0.1) is 4.77 Å². The zero-order chi connectivity index (χ0) is 14.3. The van der Waals surface area contributed by atoms with Gasteiger partial charge in [0, 0.05) is 30.9 Å². The average molecular weight is 285 g/mol. The number of imidazole rings is 1.